The van der Waals surface area contributed by atoms with Crippen LogP contribution < -0.4 is 10.1 Å². The van der Waals surface area contributed by atoms with Crippen LogP contribution in [-0.2, 0) is 12.8 Å². The van der Waals surface area contributed by atoms with Crippen molar-refractivity contribution < 1.29 is 14.6 Å². The van der Waals surface area contributed by atoms with Gasteiger partial charge in [-0.2, -0.15) is 0 Å². The smallest absolute Gasteiger partial charge is 0.259 e. The number of phenols is 1. The second-order valence-electron chi connectivity index (χ2n) is 9.50. The number of carbonyl (C=O) groups is 1. The largest absolute Gasteiger partial charge is 0.504 e. The van der Waals surface area contributed by atoms with Crippen LogP contribution in [0.1, 0.15) is 53.6 Å². The van der Waals surface area contributed by atoms with E-state index in [1.165, 1.54) is 12.0 Å². The first-order valence-corrected chi connectivity index (χ1v) is 12.0. The Morgan fingerprint density at radius 3 is 2.67 bits per heavy atom. The highest BCUT2D eigenvalue weighted by atomic mass is 32.1. The predicted octanol–water partition coefficient (Wildman–Crippen LogP) is 6.62. The molecule has 1 unspecified atom stereocenters. The molecule has 1 atom stereocenters. The molecular weight excluding hydrogens is 432 g/mol. The van der Waals surface area contributed by atoms with Gasteiger partial charge in [-0.25, -0.2) is 4.99 Å². The fraction of sp³-hybridized carbons (Fsp3) is 0.333. The Hall–Kier alpha value is -3.12. The number of benzene rings is 2. The quantitative estimate of drug-likeness (QED) is 0.419. The van der Waals surface area contributed by atoms with Crippen LogP contribution in [0.3, 0.4) is 0 Å². The van der Waals surface area contributed by atoms with Gasteiger partial charge in [0.15, 0.2) is 11.5 Å². The fourth-order valence-electron chi connectivity index (χ4n) is 4.26. The zero-order chi connectivity index (χ0) is 23.6. The van der Waals surface area contributed by atoms with Gasteiger partial charge in [-0.3, -0.25) is 4.79 Å². The van der Waals surface area contributed by atoms with E-state index in [1.54, 1.807) is 35.8 Å². The molecule has 0 aliphatic heterocycles. The van der Waals surface area contributed by atoms with Crippen molar-refractivity contribution in [3.8, 4) is 11.5 Å². The average molecular weight is 463 g/mol. The number of methoxy groups -OCH3 is 1. The minimum atomic E-state index is -0.122. The number of ether oxygens (including phenoxy) is 1. The lowest BCUT2D eigenvalue weighted by molar-refractivity contribution is 0.102. The van der Waals surface area contributed by atoms with E-state index in [4.69, 9.17) is 9.73 Å². The van der Waals surface area contributed by atoms with Gasteiger partial charge in [0.05, 0.1) is 12.7 Å². The van der Waals surface area contributed by atoms with Gasteiger partial charge in [0.25, 0.3) is 5.91 Å². The van der Waals surface area contributed by atoms with Gasteiger partial charge < -0.3 is 15.2 Å². The number of fused-ring (bicyclic) bond motifs is 1. The molecular formula is C27H30N2O3S. The van der Waals surface area contributed by atoms with Crippen molar-refractivity contribution >= 4 is 34.1 Å². The molecule has 0 saturated heterocycles. The minimum absolute atomic E-state index is 0.0809. The SMILES string of the molecule is COc1cc(/C=N/c2sc3c(c2C(=O)Nc2ccccc2)CCC(C(C)(C)C)C3)ccc1O. The van der Waals surface area contributed by atoms with E-state index in [2.05, 4.69) is 26.1 Å². The molecule has 5 nitrogen and oxygen atoms in total. The number of anilines is 1. The molecule has 1 aromatic heterocycles. The molecule has 3 aromatic rings. The lowest BCUT2D eigenvalue weighted by atomic mass is 9.72. The molecule has 0 spiro atoms. The number of carbonyl (C=O) groups excluding carboxylic acids is 1. The number of nitrogens with zero attached hydrogens (tertiary/aromatic N) is 1. The Kier molecular flexibility index (Phi) is 6.56. The van der Waals surface area contributed by atoms with Crippen molar-refractivity contribution in [3.05, 3.63) is 70.1 Å². The zero-order valence-corrected chi connectivity index (χ0v) is 20.3. The van der Waals surface area contributed by atoms with Crippen molar-refractivity contribution in [1.29, 1.82) is 0 Å². The average Bonchev–Trinajstić information content (AvgIpc) is 3.16. The van der Waals surface area contributed by atoms with Crippen LogP contribution in [0.5, 0.6) is 11.5 Å². The highest BCUT2D eigenvalue weighted by Crippen LogP contribution is 2.45. The second-order valence-corrected chi connectivity index (χ2v) is 10.6. The Morgan fingerprint density at radius 1 is 1.21 bits per heavy atom. The number of para-hydroxylation sites is 1. The number of aromatic hydroxyl groups is 1. The molecule has 33 heavy (non-hydrogen) atoms. The van der Waals surface area contributed by atoms with E-state index in [0.717, 1.165) is 41.1 Å². The van der Waals surface area contributed by atoms with Crippen molar-refractivity contribution in [2.45, 2.75) is 40.0 Å². The number of hydrogen-bond donors (Lipinski definition) is 2. The van der Waals surface area contributed by atoms with Crippen LogP contribution >= 0.6 is 11.3 Å². The summed E-state index contributed by atoms with van der Waals surface area (Å²) in [5.74, 6) is 0.923. The lowest BCUT2D eigenvalue weighted by Crippen LogP contribution is -2.27. The maximum atomic E-state index is 13.4. The van der Waals surface area contributed by atoms with Gasteiger partial charge in [-0.1, -0.05) is 39.0 Å². The first kappa shape index (κ1) is 23.1. The van der Waals surface area contributed by atoms with Crippen LogP contribution in [0, 0.1) is 11.3 Å². The van der Waals surface area contributed by atoms with Crippen LogP contribution in [0.25, 0.3) is 0 Å². The molecule has 1 aliphatic carbocycles. The van der Waals surface area contributed by atoms with Gasteiger partial charge in [0, 0.05) is 16.8 Å². The number of nitrogens with one attached hydrogen (secondary N) is 1. The Morgan fingerprint density at radius 2 is 1.97 bits per heavy atom. The van der Waals surface area contributed by atoms with Crippen molar-refractivity contribution in [1.82, 2.24) is 0 Å². The van der Waals surface area contributed by atoms with Gasteiger partial charge in [-0.15, -0.1) is 11.3 Å². The summed E-state index contributed by atoms with van der Waals surface area (Å²) in [4.78, 5) is 19.4. The van der Waals surface area contributed by atoms with E-state index in [1.807, 2.05) is 30.3 Å². The molecule has 1 aliphatic rings. The maximum Gasteiger partial charge on any atom is 0.259 e. The lowest BCUT2D eigenvalue weighted by Gasteiger charge is -2.33. The van der Waals surface area contributed by atoms with E-state index < -0.39 is 0 Å². The number of rotatable bonds is 5. The van der Waals surface area contributed by atoms with Crippen LogP contribution in [0.2, 0.25) is 0 Å². The third-order valence-corrected chi connectivity index (χ3v) is 7.43. The van der Waals surface area contributed by atoms with Gasteiger partial charge in [0.1, 0.15) is 5.00 Å². The third kappa shape index (κ3) is 5.11. The summed E-state index contributed by atoms with van der Waals surface area (Å²) >= 11 is 1.61. The molecule has 2 aromatic carbocycles. The van der Waals surface area contributed by atoms with Crippen molar-refractivity contribution in [2.75, 3.05) is 12.4 Å². The monoisotopic (exact) mass is 462 g/mol. The summed E-state index contributed by atoms with van der Waals surface area (Å²) in [6.45, 7) is 6.86. The van der Waals surface area contributed by atoms with E-state index in [-0.39, 0.29) is 17.1 Å². The van der Waals surface area contributed by atoms with Crippen LogP contribution in [0.4, 0.5) is 10.7 Å². The fourth-order valence-corrected chi connectivity index (χ4v) is 5.53. The standard InChI is InChI=1S/C27H30N2O3S/c1-27(2,3)18-11-12-20-23(15-18)33-26(24(20)25(31)29-19-8-6-5-7-9-19)28-16-17-10-13-21(30)22(14-17)32-4/h5-10,13-14,16,18,30H,11-12,15H2,1-4H3,(H,29,31)/b28-16+. The molecule has 4 rings (SSSR count). The van der Waals surface area contributed by atoms with Crippen LogP contribution in [0.15, 0.2) is 53.5 Å². The minimum Gasteiger partial charge on any atom is -0.504 e. The first-order chi connectivity index (χ1) is 15.8. The van der Waals surface area contributed by atoms with Gasteiger partial charge in [-0.05, 0) is 72.1 Å². The van der Waals surface area contributed by atoms with E-state index in [9.17, 15) is 9.90 Å². The number of amides is 1. The maximum absolute atomic E-state index is 13.4. The first-order valence-electron chi connectivity index (χ1n) is 11.2. The number of thiophene rings is 1. The molecule has 0 bridgehead atoms. The number of phenolic OH excluding ortho intramolecular Hbond substituents is 1. The molecule has 6 heteroatoms. The summed E-state index contributed by atoms with van der Waals surface area (Å²) in [7, 11) is 1.51. The molecule has 2 N–H and O–H groups in total. The van der Waals surface area contributed by atoms with Crippen molar-refractivity contribution in [2.24, 2.45) is 16.3 Å². The normalized spacial score (nSPS) is 15.9. The zero-order valence-electron chi connectivity index (χ0n) is 19.5. The molecule has 1 amide bonds. The predicted molar refractivity (Wildman–Crippen MR) is 136 cm³/mol. The number of hydrogen-bond acceptors (Lipinski definition) is 5. The highest BCUT2D eigenvalue weighted by molar-refractivity contribution is 7.16. The highest BCUT2D eigenvalue weighted by Gasteiger charge is 2.33. The molecule has 0 fully saturated rings. The Labute approximate surface area is 199 Å². The summed E-state index contributed by atoms with van der Waals surface area (Å²) < 4.78 is 5.20. The Bertz CT molecular complexity index is 1180. The van der Waals surface area contributed by atoms with Crippen LogP contribution in [-0.4, -0.2) is 24.3 Å². The summed E-state index contributed by atoms with van der Waals surface area (Å²) in [5.41, 5.74) is 3.58. The van der Waals surface area contributed by atoms with E-state index >= 15 is 0 Å². The second kappa shape index (κ2) is 9.40. The topological polar surface area (TPSA) is 70.9 Å². The van der Waals surface area contributed by atoms with E-state index in [0.29, 0.717) is 17.2 Å². The third-order valence-electron chi connectivity index (χ3n) is 6.26. The van der Waals surface area contributed by atoms with Crippen molar-refractivity contribution in [3.63, 3.8) is 0 Å². The molecule has 1 heterocycles. The van der Waals surface area contributed by atoms with Gasteiger partial charge >= 0.3 is 0 Å². The van der Waals surface area contributed by atoms with Gasteiger partial charge in [0.2, 0.25) is 0 Å². The Balaban J connectivity index is 1.71. The summed E-state index contributed by atoms with van der Waals surface area (Å²) in [6.07, 6.45) is 4.64. The summed E-state index contributed by atoms with van der Waals surface area (Å²) in [5, 5.41) is 13.6. The molecule has 172 valence electrons. The summed E-state index contributed by atoms with van der Waals surface area (Å²) in [6, 6.07) is 14.6. The molecule has 0 radical (unpaired) electrons. The number of aliphatic imine (C=N–C) groups is 1. The molecule has 0 saturated carbocycles.